The molecular formula is C16H24N2O2S. The van der Waals surface area contributed by atoms with Gasteiger partial charge in [-0.05, 0) is 55.2 Å². The van der Waals surface area contributed by atoms with Crippen LogP contribution in [-0.4, -0.2) is 21.0 Å². The minimum atomic E-state index is -3.37. The molecule has 2 N–H and O–H groups in total. The van der Waals surface area contributed by atoms with E-state index in [1.165, 1.54) is 12.8 Å². The van der Waals surface area contributed by atoms with Gasteiger partial charge in [0.05, 0.1) is 4.90 Å². The lowest BCUT2D eigenvalue weighted by atomic mass is 10.1. The van der Waals surface area contributed by atoms with E-state index in [9.17, 15) is 8.42 Å². The topological polar surface area (TPSA) is 58.2 Å². The Bertz CT molecular complexity index is 587. The molecule has 0 aromatic heterocycles. The van der Waals surface area contributed by atoms with Crippen molar-refractivity contribution in [2.24, 2.45) is 5.41 Å². The van der Waals surface area contributed by atoms with Gasteiger partial charge in [0.25, 0.3) is 0 Å². The molecule has 0 unspecified atom stereocenters. The zero-order valence-corrected chi connectivity index (χ0v) is 13.4. The second-order valence-electron chi connectivity index (χ2n) is 6.48. The van der Waals surface area contributed by atoms with Gasteiger partial charge in [0.15, 0.2) is 0 Å². The standard InChI is InChI=1S/C16H24N2O2S/c1-2-16(9-10-16)12-18-21(19,20)15-7-3-13(4-8-15)11-17-14-5-6-14/h3-4,7-8,14,17-18H,2,5-6,9-12H2,1H3. The van der Waals surface area contributed by atoms with E-state index in [1.54, 1.807) is 12.1 Å². The number of nitrogens with one attached hydrogen (secondary N) is 2. The van der Waals surface area contributed by atoms with Crippen molar-refractivity contribution in [2.75, 3.05) is 6.54 Å². The fourth-order valence-corrected chi connectivity index (χ4v) is 3.66. The van der Waals surface area contributed by atoms with Crippen LogP contribution in [0.25, 0.3) is 0 Å². The predicted molar refractivity (Wildman–Crippen MR) is 83.5 cm³/mol. The van der Waals surface area contributed by atoms with Crippen LogP contribution in [0.4, 0.5) is 0 Å². The van der Waals surface area contributed by atoms with Crippen molar-refractivity contribution >= 4 is 10.0 Å². The Morgan fingerprint density at radius 2 is 1.86 bits per heavy atom. The van der Waals surface area contributed by atoms with Gasteiger partial charge in [-0.2, -0.15) is 0 Å². The van der Waals surface area contributed by atoms with Crippen LogP contribution in [0.2, 0.25) is 0 Å². The Morgan fingerprint density at radius 3 is 2.38 bits per heavy atom. The number of rotatable bonds is 8. The summed E-state index contributed by atoms with van der Waals surface area (Å²) in [5.41, 5.74) is 1.36. The summed E-state index contributed by atoms with van der Waals surface area (Å²) < 4.78 is 27.3. The third kappa shape index (κ3) is 3.84. The Morgan fingerprint density at radius 1 is 1.19 bits per heavy atom. The maximum absolute atomic E-state index is 12.3. The van der Waals surface area contributed by atoms with Crippen LogP contribution in [0.1, 0.15) is 44.6 Å². The average Bonchev–Trinajstić information content (AvgIpc) is 3.39. The smallest absolute Gasteiger partial charge is 0.240 e. The molecule has 2 saturated carbocycles. The van der Waals surface area contributed by atoms with Gasteiger partial charge in [0.2, 0.25) is 10.0 Å². The first-order chi connectivity index (χ1) is 10.0. The zero-order chi connectivity index (χ0) is 14.9. The number of hydrogen-bond donors (Lipinski definition) is 2. The van der Waals surface area contributed by atoms with E-state index in [0.29, 0.717) is 17.5 Å². The van der Waals surface area contributed by atoms with E-state index in [4.69, 9.17) is 0 Å². The third-order valence-corrected chi connectivity index (χ3v) is 6.17. The van der Waals surface area contributed by atoms with Crippen molar-refractivity contribution in [2.45, 2.75) is 56.5 Å². The summed E-state index contributed by atoms with van der Waals surface area (Å²) in [7, 11) is -3.37. The lowest BCUT2D eigenvalue weighted by Crippen LogP contribution is -2.30. The maximum atomic E-state index is 12.3. The quantitative estimate of drug-likeness (QED) is 0.775. The van der Waals surface area contributed by atoms with Gasteiger partial charge in [-0.3, -0.25) is 0 Å². The monoisotopic (exact) mass is 308 g/mol. The van der Waals surface area contributed by atoms with Crippen LogP contribution in [0.3, 0.4) is 0 Å². The Hall–Kier alpha value is -0.910. The van der Waals surface area contributed by atoms with Crippen molar-refractivity contribution in [3.63, 3.8) is 0 Å². The van der Waals surface area contributed by atoms with Gasteiger partial charge in [-0.15, -0.1) is 0 Å². The molecule has 2 aliphatic rings. The molecule has 2 aliphatic carbocycles. The van der Waals surface area contributed by atoms with Crippen molar-refractivity contribution in [1.29, 1.82) is 0 Å². The average molecular weight is 308 g/mol. The summed E-state index contributed by atoms with van der Waals surface area (Å²) in [6, 6.07) is 7.88. The van der Waals surface area contributed by atoms with E-state index >= 15 is 0 Å². The molecule has 1 aromatic carbocycles. The van der Waals surface area contributed by atoms with Gasteiger partial charge >= 0.3 is 0 Å². The summed E-state index contributed by atoms with van der Waals surface area (Å²) in [6.07, 6.45) is 5.84. The maximum Gasteiger partial charge on any atom is 0.240 e. The second kappa shape index (κ2) is 5.71. The van der Waals surface area contributed by atoms with Crippen LogP contribution in [0.15, 0.2) is 29.2 Å². The summed E-state index contributed by atoms with van der Waals surface area (Å²) >= 11 is 0. The van der Waals surface area contributed by atoms with E-state index in [-0.39, 0.29) is 5.41 Å². The molecule has 0 bridgehead atoms. The minimum Gasteiger partial charge on any atom is -0.310 e. The highest BCUT2D eigenvalue weighted by molar-refractivity contribution is 7.89. The molecule has 0 radical (unpaired) electrons. The van der Waals surface area contributed by atoms with Crippen molar-refractivity contribution in [3.8, 4) is 0 Å². The van der Waals surface area contributed by atoms with Gasteiger partial charge in [0.1, 0.15) is 0 Å². The second-order valence-corrected chi connectivity index (χ2v) is 8.24. The lowest BCUT2D eigenvalue weighted by Gasteiger charge is -2.14. The SMILES string of the molecule is CCC1(CNS(=O)(=O)c2ccc(CNC3CC3)cc2)CC1. The molecule has 0 spiro atoms. The normalized spacial score (nSPS) is 20.4. The summed E-state index contributed by atoms with van der Waals surface area (Å²) in [5, 5.41) is 3.43. The van der Waals surface area contributed by atoms with E-state index in [0.717, 1.165) is 31.4 Å². The molecule has 0 heterocycles. The molecule has 0 atom stereocenters. The van der Waals surface area contributed by atoms with Gasteiger partial charge < -0.3 is 5.32 Å². The summed E-state index contributed by atoms with van der Waals surface area (Å²) in [5.74, 6) is 0. The number of sulfonamides is 1. The lowest BCUT2D eigenvalue weighted by molar-refractivity contribution is 0.475. The molecule has 21 heavy (non-hydrogen) atoms. The van der Waals surface area contributed by atoms with Crippen LogP contribution < -0.4 is 10.0 Å². The van der Waals surface area contributed by atoms with E-state index < -0.39 is 10.0 Å². The first-order valence-corrected chi connectivity index (χ1v) is 9.33. The van der Waals surface area contributed by atoms with Crippen LogP contribution in [0.5, 0.6) is 0 Å². The third-order valence-electron chi connectivity index (χ3n) is 4.75. The molecule has 116 valence electrons. The zero-order valence-electron chi connectivity index (χ0n) is 12.6. The van der Waals surface area contributed by atoms with Gasteiger partial charge in [-0.1, -0.05) is 19.1 Å². The molecular weight excluding hydrogens is 284 g/mol. The summed E-state index contributed by atoms with van der Waals surface area (Å²) in [6.45, 7) is 3.51. The van der Waals surface area contributed by atoms with Crippen LogP contribution in [-0.2, 0) is 16.6 Å². The summed E-state index contributed by atoms with van der Waals surface area (Å²) in [4.78, 5) is 0.365. The molecule has 4 nitrogen and oxygen atoms in total. The fourth-order valence-electron chi connectivity index (χ4n) is 2.50. The first-order valence-electron chi connectivity index (χ1n) is 7.85. The number of benzene rings is 1. The largest absolute Gasteiger partial charge is 0.310 e. The van der Waals surface area contributed by atoms with Gasteiger partial charge in [-0.25, -0.2) is 13.1 Å². The van der Waals surface area contributed by atoms with Crippen LogP contribution in [0, 0.1) is 5.41 Å². The van der Waals surface area contributed by atoms with Crippen molar-refractivity contribution in [1.82, 2.24) is 10.0 Å². The van der Waals surface area contributed by atoms with Gasteiger partial charge in [0, 0.05) is 19.1 Å². The first kappa shape index (κ1) is 15.0. The van der Waals surface area contributed by atoms with E-state index in [1.807, 2.05) is 12.1 Å². The Labute approximate surface area is 127 Å². The molecule has 1 aromatic rings. The van der Waals surface area contributed by atoms with Crippen molar-refractivity contribution < 1.29 is 8.42 Å². The Balaban J connectivity index is 1.58. The molecule has 3 rings (SSSR count). The molecule has 0 saturated heterocycles. The Kier molecular flexibility index (Phi) is 4.08. The fraction of sp³-hybridized carbons (Fsp3) is 0.625. The highest BCUT2D eigenvalue weighted by atomic mass is 32.2. The molecule has 0 amide bonds. The highest BCUT2D eigenvalue weighted by Crippen LogP contribution is 2.48. The van der Waals surface area contributed by atoms with E-state index in [2.05, 4.69) is 17.0 Å². The molecule has 2 fully saturated rings. The predicted octanol–water partition coefficient (Wildman–Crippen LogP) is 2.41. The minimum absolute atomic E-state index is 0.223. The van der Waals surface area contributed by atoms with Crippen LogP contribution >= 0.6 is 0 Å². The number of hydrogen-bond acceptors (Lipinski definition) is 3. The molecule has 5 heteroatoms. The molecule has 0 aliphatic heterocycles. The highest BCUT2D eigenvalue weighted by Gasteiger charge is 2.41. The van der Waals surface area contributed by atoms with Crippen molar-refractivity contribution in [3.05, 3.63) is 29.8 Å².